The van der Waals surface area contributed by atoms with Gasteiger partial charge in [-0.05, 0) is 36.1 Å². The first-order valence-electron chi connectivity index (χ1n) is 6.85. The Bertz CT molecular complexity index is 521. The molecular weight excluding hydrogens is 270 g/mol. The van der Waals surface area contributed by atoms with Crippen LogP contribution >= 0.6 is 23.1 Å². The topological polar surface area (TPSA) is 12.0 Å². The van der Waals surface area contributed by atoms with Gasteiger partial charge in [0, 0.05) is 27.4 Å². The van der Waals surface area contributed by atoms with Crippen molar-refractivity contribution < 1.29 is 0 Å². The minimum atomic E-state index is 0.597. The summed E-state index contributed by atoms with van der Waals surface area (Å²) in [6.07, 6.45) is 2.61. The summed E-state index contributed by atoms with van der Waals surface area (Å²) in [7, 11) is 0. The fourth-order valence-electron chi connectivity index (χ4n) is 2.57. The molecule has 1 saturated heterocycles. The fraction of sp³-hybridized carbons (Fsp3) is 0.375. The Kier molecular flexibility index (Phi) is 4.14. The van der Waals surface area contributed by atoms with Gasteiger partial charge in [0.2, 0.25) is 0 Å². The first-order valence-corrected chi connectivity index (χ1v) is 8.78. The van der Waals surface area contributed by atoms with Gasteiger partial charge in [-0.25, -0.2) is 0 Å². The molecule has 19 heavy (non-hydrogen) atoms. The van der Waals surface area contributed by atoms with Gasteiger partial charge in [-0.3, -0.25) is 0 Å². The number of nitrogens with one attached hydrogen (secondary N) is 1. The van der Waals surface area contributed by atoms with Crippen LogP contribution in [0.1, 0.15) is 19.8 Å². The molecule has 1 aromatic carbocycles. The van der Waals surface area contributed by atoms with E-state index < -0.39 is 0 Å². The predicted octanol–water partition coefficient (Wildman–Crippen LogP) is 5.11. The molecule has 1 nitrogen and oxygen atoms in total. The van der Waals surface area contributed by atoms with Gasteiger partial charge < -0.3 is 5.32 Å². The van der Waals surface area contributed by atoms with Crippen molar-refractivity contribution >= 4 is 28.8 Å². The Morgan fingerprint density at radius 3 is 2.84 bits per heavy atom. The van der Waals surface area contributed by atoms with E-state index in [1.165, 1.54) is 34.7 Å². The van der Waals surface area contributed by atoms with Crippen LogP contribution in [0.2, 0.25) is 0 Å². The van der Waals surface area contributed by atoms with E-state index in [1.54, 1.807) is 0 Å². The zero-order chi connectivity index (χ0) is 13.1. The van der Waals surface area contributed by atoms with Crippen molar-refractivity contribution in [1.82, 2.24) is 0 Å². The van der Waals surface area contributed by atoms with Crippen molar-refractivity contribution in [3.05, 3.63) is 41.8 Å². The number of anilines is 1. The van der Waals surface area contributed by atoms with Crippen LogP contribution in [0.3, 0.4) is 0 Å². The van der Waals surface area contributed by atoms with Gasteiger partial charge >= 0.3 is 0 Å². The van der Waals surface area contributed by atoms with Gasteiger partial charge in [0.25, 0.3) is 0 Å². The van der Waals surface area contributed by atoms with Gasteiger partial charge in [0.15, 0.2) is 0 Å². The predicted molar refractivity (Wildman–Crippen MR) is 88.3 cm³/mol. The van der Waals surface area contributed by atoms with Crippen LogP contribution in [0.15, 0.2) is 41.8 Å². The molecule has 1 fully saturated rings. The van der Waals surface area contributed by atoms with E-state index in [9.17, 15) is 0 Å². The summed E-state index contributed by atoms with van der Waals surface area (Å²) in [6.45, 7) is 2.34. The quantitative estimate of drug-likeness (QED) is 0.842. The van der Waals surface area contributed by atoms with E-state index in [1.807, 2.05) is 11.3 Å². The zero-order valence-corrected chi connectivity index (χ0v) is 12.8. The van der Waals surface area contributed by atoms with Crippen molar-refractivity contribution in [2.45, 2.75) is 31.1 Å². The van der Waals surface area contributed by atoms with E-state index >= 15 is 0 Å². The normalized spacial score (nSPS) is 23.2. The molecular formula is C16H19NS2. The number of thiophene rings is 1. The van der Waals surface area contributed by atoms with Crippen molar-refractivity contribution in [3.63, 3.8) is 0 Å². The number of hydrogen-bond donors (Lipinski definition) is 1. The first-order chi connectivity index (χ1) is 9.34. The average Bonchev–Trinajstić information content (AvgIpc) is 2.96. The van der Waals surface area contributed by atoms with Gasteiger partial charge in [-0.2, -0.15) is 11.8 Å². The number of rotatable bonds is 3. The summed E-state index contributed by atoms with van der Waals surface area (Å²) in [5, 5.41) is 6.62. The second-order valence-corrected chi connectivity index (χ2v) is 7.42. The average molecular weight is 289 g/mol. The van der Waals surface area contributed by atoms with E-state index in [-0.39, 0.29) is 0 Å². The number of hydrogen-bond acceptors (Lipinski definition) is 3. The van der Waals surface area contributed by atoms with Gasteiger partial charge in [0.05, 0.1) is 0 Å². The molecule has 3 heteroatoms. The van der Waals surface area contributed by atoms with Crippen LogP contribution in [0, 0.1) is 0 Å². The van der Waals surface area contributed by atoms with Crippen LogP contribution in [-0.2, 0) is 0 Å². The molecule has 2 atom stereocenters. The molecule has 0 amide bonds. The third-order valence-corrected chi connectivity index (χ3v) is 5.94. The standard InChI is InChI=1S/C16H19NS2/c1-12-14(8-4-10-18-12)17-15-7-3-2-6-13(15)16-9-5-11-19-16/h2-3,5-7,9,11-12,14,17H,4,8,10H2,1H3. The highest BCUT2D eigenvalue weighted by molar-refractivity contribution is 8.00. The Morgan fingerprint density at radius 2 is 2.05 bits per heavy atom. The molecule has 0 radical (unpaired) electrons. The SMILES string of the molecule is CC1SCCCC1Nc1ccccc1-c1cccs1. The van der Waals surface area contributed by atoms with Crippen LogP contribution in [-0.4, -0.2) is 17.0 Å². The lowest BCUT2D eigenvalue weighted by Gasteiger charge is -2.30. The summed E-state index contributed by atoms with van der Waals surface area (Å²) in [6, 6.07) is 13.6. The number of thioether (sulfide) groups is 1. The lowest BCUT2D eigenvalue weighted by Crippen LogP contribution is -2.32. The molecule has 1 N–H and O–H groups in total. The largest absolute Gasteiger partial charge is 0.381 e. The van der Waals surface area contributed by atoms with E-state index in [0.717, 1.165) is 0 Å². The molecule has 2 unspecified atom stereocenters. The third kappa shape index (κ3) is 2.98. The zero-order valence-electron chi connectivity index (χ0n) is 11.1. The van der Waals surface area contributed by atoms with Crippen molar-refractivity contribution in [3.8, 4) is 10.4 Å². The molecule has 0 spiro atoms. The summed E-state index contributed by atoms with van der Waals surface area (Å²) in [4.78, 5) is 1.35. The molecule has 0 bridgehead atoms. The van der Waals surface area contributed by atoms with Gasteiger partial charge in [0.1, 0.15) is 0 Å². The van der Waals surface area contributed by atoms with Crippen LogP contribution in [0.5, 0.6) is 0 Å². The molecule has 0 aliphatic carbocycles. The lowest BCUT2D eigenvalue weighted by molar-refractivity contribution is 0.618. The smallest absolute Gasteiger partial charge is 0.0430 e. The Morgan fingerprint density at radius 1 is 1.16 bits per heavy atom. The highest BCUT2D eigenvalue weighted by Gasteiger charge is 2.22. The molecule has 0 saturated carbocycles. The van der Waals surface area contributed by atoms with Crippen molar-refractivity contribution in [2.75, 3.05) is 11.1 Å². The highest BCUT2D eigenvalue weighted by Crippen LogP contribution is 2.34. The highest BCUT2D eigenvalue weighted by atomic mass is 32.2. The van der Waals surface area contributed by atoms with E-state index in [0.29, 0.717) is 11.3 Å². The first kappa shape index (κ1) is 13.1. The maximum Gasteiger partial charge on any atom is 0.0430 e. The number of benzene rings is 1. The maximum atomic E-state index is 3.77. The minimum absolute atomic E-state index is 0.597. The Labute approximate surface area is 123 Å². The monoisotopic (exact) mass is 289 g/mol. The molecule has 1 aromatic heterocycles. The summed E-state index contributed by atoms with van der Waals surface area (Å²) in [5.41, 5.74) is 2.62. The Balaban J connectivity index is 1.84. The second-order valence-electron chi connectivity index (χ2n) is 4.99. The van der Waals surface area contributed by atoms with Crippen LogP contribution in [0.25, 0.3) is 10.4 Å². The van der Waals surface area contributed by atoms with Gasteiger partial charge in [-0.1, -0.05) is 31.2 Å². The molecule has 1 aliphatic rings. The number of para-hydroxylation sites is 1. The lowest BCUT2D eigenvalue weighted by atomic mass is 10.1. The van der Waals surface area contributed by atoms with E-state index in [4.69, 9.17) is 0 Å². The van der Waals surface area contributed by atoms with Crippen LogP contribution < -0.4 is 5.32 Å². The maximum absolute atomic E-state index is 3.77. The molecule has 2 aromatic rings. The summed E-state index contributed by atoms with van der Waals surface area (Å²) in [5.74, 6) is 1.31. The summed E-state index contributed by atoms with van der Waals surface area (Å²) < 4.78 is 0. The minimum Gasteiger partial charge on any atom is -0.381 e. The molecule has 3 rings (SSSR count). The van der Waals surface area contributed by atoms with Gasteiger partial charge in [-0.15, -0.1) is 11.3 Å². The molecule has 2 heterocycles. The summed E-state index contributed by atoms with van der Waals surface area (Å²) >= 11 is 3.90. The van der Waals surface area contributed by atoms with E-state index in [2.05, 4.69) is 65.8 Å². The molecule has 100 valence electrons. The second kappa shape index (κ2) is 6.02. The molecule has 1 aliphatic heterocycles. The van der Waals surface area contributed by atoms with Crippen molar-refractivity contribution in [1.29, 1.82) is 0 Å². The van der Waals surface area contributed by atoms with Crippen molar-refractivity contribution in [2.24, 2.45) is 0 Å². The fourth-order valence-corrected chi connectivity index (χ4v) is 4.48. The third-order valence-electron chi connectivity index (χ3n) is 3.66. The Hall–Kier alpha value is -0.930. The van der Waals surface area contributed by atoms with Crippen LogP contribution in [0.4, 0.5) is 5.69 Å².